The van der Waals surface area contributed by atoms with Gasteiger partial charge < -0.3 is 10.2 Å². The fraction of sp³-hybridized carbons (Fsp3) is 0.440. The molecule has 0 radical (unpaired) electrons. The summed E-state index contributed by atoms with van der Waals surface area (Å²) in [5, 5.41) is 3.66. The lowest BCUT2D eigenvalue weighted by Gasteiger charge is -2.37. The molecule has 2 atom stereocenters. The molecule has 4 rings (SSSR count). The number of aliphatic imine (C=N–C) groups is 1. The number of rotatable bonds is 4. The van der Waals surface area contributed by atoms with Crippen molar-refractivity contribution >= 4 is 28.6 Å². The number of carbonyl (C=O) groups is 1. The number of hydrogen-bond donors (Lipinski definition) is 1. The summed E-state index contributed by atoms with van der Waals surface area (Å²) in [5.41, 5.74) is 5.27. The molecule has 4 nitrogen and oxygen atoms in total. The van der Waals surface area contributed by atoms with Crippen molar-refractivity contribution in [2.24, 2.45) is 16.3 Å². The number of benzene rings is 2. The van der Waals surface area contributed by atoms with Gasteiger partial charge in [0.05, 0.1) is 23.3 Å². The molecule has 1 aliphatic heterocycles. The number of fused-ring (bicyclic) bond motifs is 2. The molecular weight excluding hydrogens is 358 g/mol. The van der Waals surface area contributed by atoms with Crippen LogP contribution in [0.25, 0.3) is 0 Å². The number of ketones is 1. The third kappa shape index (κ3) is 3.81. The molecule has 2 aromatic carbocycles. The number of Topliss-reactive ketones (excluding diaryl/α,β-unsaturated/α-hetero) is 1. The second-order valence-corrected chi connectivity index (χ2v) is 8.97. The zero-order valence-electron chi connectivity index (χ0n) is 17.9. The Kier molecular flexibility index (Phi) is 5.20. The zero-order chi connectivity index (χ0) is 20.6. The first-order valence-electron chi connectivity index (χ1n) is 10.7. The van der Waals surface area contributed by atoms with Gasteiger partial charge in [-0.25, -0.2) is 0 Å². The van der Waals surface area contributed by atoms with Crippen molar-refractivity contribution < 1.29 is 4.79 Å². The molecule has 2 aliphatic rings. The van der Waals surface area contributed by atoms with Crippen molar-refractivity contribution in [1.29, 1.82) is 0 Å². The van der Waals surface area contributed by atoms with Gasteiger partial charge in [0.25, 0.3) is 0 Å². The van der Waals surface area contributed by atoms with Gasteiger partial charge in [0, 0.05) is 30.9 Å². The molecule has 2 aromatic rings. The standard InChI is InChI=1S/C25H31N3O/c1-5-28(6-2)18-13-11-17(12-14-18)24-23-21(15-25(3,4)16-22(23)29)26-19-9-7-8-10-20(19)27-24/h7-14,23-24,27H,5-6,15-16H2,1-4H3/t23-,24-/m1/s1. The van der Waals surface area contributed by atoms with Crippen LogP contribution in [0.5, 0.6) is 0 Å². The highest BCUT2D eigenvalue weighted by molar-refractivity contribution is 6.10. The van der Waals surface area contributed by atoms with Crippen LogP contribution in [0.1, 0.15) is 52.1 Å². The van der Waals surface area contributed by atoms with E-state index in [0.717, 1.165) is 42.2 Å². The van der Waals surface area contributed by atoms with Gasteiger partial charge in [-0.1, -0.05) is 38.1 Å². The van der Waals surface area contributed by atoms with Gasteiger partial charge in [0.15, 0.2) is 0 Å². The Bertz CT molecular complexity index is 925. The topological polar surface area (TPSA) is 44.7 Å². The number of para-hydroxylation sites is 2. The van der Waals surface area contributed by atoms with Crippen LogP contribution < -0.4 is 10.2 Å². The van der Waals surface area contributed by atoms with E-state index < -0.39 is 0 Å². The number of nitrogens with zero attached hydrogens (tertiary/aromatic N) is 2. The third-order valence-corrected chi connectivity index (χ3v) is 6.21. The smallest absolute Gasteiger partial charge is 0.144 e. The van der Waals surface area contributed by atoms with Gasteiger partial charge in [0.2, 0.25) is 0 Å². The Hall–Kier alpha value is -2.62. The third-order valence-electron chi connectivity index (χ3n) is 6.21. The number of carbonyl (C=O) groups excluding carboxylic acids is 1. The molecule has 29 heavy (non-hydrogen) atoms. The van der Waals surface area contributed by atoms with Crippen LogP contribution in [0.15, 0.2) is 53.5 Å². The van der Waals surface area contributed by atoms with Crippen LogP contribution in [-0.4, -0.2) is 24.6 Å². The van der Waals surface area contributed by atoms with Gasteiger partial charge in [-0.2, -0.15) is 0 Å². The lowest BCUT2D eigenvalue weighted by molar-refractivity contribution is -0.124. The quantitative estimate of drug-likeness (QED) is 0.721. The van der Waals surface area contributed by atoms with Crippen LogP contribution in [-0.2, 0) is 4.79 Å². The summed E-state index contributed by atoms with van der Waals surface area (Å²) < 4.78 is 0. The molecule has 0 amide bonds. The molecule has 152 valence electrons. The number of hydrogen-bond acceptors (Lipinski definition) is 4. The molecular formula is C25H31N3O. The van der Waals surface area contributed by atoms with Crippen molar-refractivity contribution in [1.82, 2.24) is 0 Å². The lowest BCUT2D eigenvalue weighted by Crippen LogP contribution is -2.42. The molecule has 0 aromatic heterocycles. The fourth-order valence-electron chi connectivity index (χ4n) is 4.77. The van der Waals surface area contributed by atoms with Crippen LogP contribution in [0.3, 0.4) is 0 Å². The van der Waals surface area contributed by atoms with E-state index in [2.05, 4.69) is 68.2 Å². The van der Waals surface area contributed by atoms with E-state index in [0.29, 0.717) is 6.42 Å². The number of anilines is 2. The lowest BCUT2D eigenvalue weighted by atomic mass is 9.68. The van der Waals surface area contributed by atoms with E-state index in [9.17, 15) is 4.79 Å². The Morgan fingerprint density at radius 2 is 1.72 bits per heavy atom. The molecule has 1 aliphatic carbocycles. The van der Waals surface area contributed by atoms with Gasteiger partial charge in [-0.3, -0.25) is 9.79 Å². The van der Waals surface area contributed by atoms with E-state index in [-0.39, 0.29) is 23.2 Å². The summed E-state index contributed by atoms with van der Waals surface area (Å²) in [6, 6.07) is 16.7. The van der Waals surface area contributed by atoms with Gasteiger partial charge in [0.1, 0.15) is 5.78 Å². The second-order valence-electron chi connectivity index (χ2n) is 8.97. The SMILES string of the molecule is CCN(CC)c1ccc([C@H]2Nc3ccccc3N=C3CC(C)(C)CC(=O)[C@@H]32)cc1. The summed E-state index contributed by atoms with van der Waals surface area (Å²) in [6.45, 7) is 10.7. The minimum Gasteiger partial charge on any atom is -0.375 e. The number of nitrogens with one attached hydrogen (secondary N) is 1. The Balaban J connectivity index is 1.76. The first-order chi connectivity index (χ1) is 13.9. The second kappa shape index (κ2) is 7.66. The maximum absolute atomic E-state index is 13.3. The highest BCUT2D eigenvalue weighted by Crippen LogP contribution is 2.45. The van der Waals surface area contributed by atoms with E-state index in [4.69, 9.17) is 4.99 Å². The Morgan fingerprint density at radius 3 is 2.41 bits per heavy atom. The summed E-state index contributed by atoms with van der Waals surface area (Å²) >= 11 is 0. The maximum atomic E-state index is 13.3. The van der Waals surface area contributed by atoms with Crippen molar-refractivity contribution in [3.05, 3.63) is 54.1 Å². The predicted molar refractivity (Wildman–Crippen MR) is 121 cm³/mol. The summed E-state index contributed by atoms with van der Waals surface area (Å²) in [5.74, 6) is 0.0767. The Morgan fingerprint density at radius 1 is 1.03 bits per heavy atom. The minimum absolute atomic E-state index is 0.0388. The molecule has 1 heterocycles. The largest absolute Gasteiger partial charge is 0.375 e. The van der Waals surface area contributed by atoms with E-state index in [1.807, 2.05) is 18.2 Å². The van der Waals surface area contributed by atoms with Crippen LogP contribution in [0.2, 0.25) is 0 Å². The first kappa shape index (κ1) is 19.7. The van der Waals surface area contributed by atoms with Gasteiger partial charge >= 0.3 is 0 Å². The highest BCUT2D eigenvalue weighted by atomic mass is 16.1. The molecule has 1 fully saturated rings. The molecule has 0 saturated heterocycles. The van der Waals surface area contributed by atoms with Crippen LogP contribution in [0.4, 0.5) is 17.1 Å². The average molecular weight is 390 g/mol. The zero-order valence-corrected chi connectivity index (χ0v) is 17.9. The maximum Gasteiger partial charge on any atom is 0.144 e. The summed E-state index contributed by atoms with van der Waals surface area (Å²) in [7, 11) is 0. The van der Waals surface area contributed by atoms with Crippen LogP contribution >= 0.6 is 0 Å². The average Bonchev–Trinajstić information content (AvgIpc) is 2.85. The predicted octanol–water partition coefficient (Wildman–Crippen LogP) is 5.78. The van der Waals surface area contributed by atoms with Crippen LogP contribution in [0, 0.1) is 11.3 Å². The molecule has 1 saturated carbocycles. The van der Waals surface area contributed by atoms with Crippen molar-refractivity contribution in [3.63, 3.8) is 0 Å². The highest BCUT2D eigenvalue weighted by Gasteiger charge is 2.43. The fourth-order valence-corrected chi connectivity index (χ4v) is 4.77. The van der Waals surface area contributed by atoms with E-state index in [1.54, 1.807) is 0 Å². The van der Waals surface area contributed by atoms with Gasteiger partial charge in [-0.05, 0) is 55.5 Å². The van der Waals surface area contributed by atoms with E-state index in [1.165, 1.54) is 5.69 Å². The Labute approximate surface area is 174 Å². The normalized spacial score (nSPS) is 22.6. The van der Waals surface area contributed by atoms with Crippen molar-refractivity contribution in [2.75, 3.05) is 23.3 Å². The van der Waals surface area contributed by atoms with Gasteiger partial charge in [-0.15, -0.1) is 0 Å². The molecule has 0 spiro atoms. The monoisotopic (exact) mass is 389 g/mol. The molecule has 1 N–H and O–H groups in total. The summed E-state index contributed by atoms with van der Waals surface area (Å²) in [4.78, 5) is 20.6. The summed E-state index contributed by atoms with van der Waals surface area (Å²) in [6.07, 6.45) is 1.45. The molecule has 4 heteroatoms. The molecule has 0 unspecified atom stereocenters. The van der Waals surface area contributed by atoms with Crippen molar-refractivity contribution in [2.45, 2.75) is 46.6 Å². The van der Waals surface area contributed by atoms with E-state index >= 15 is 0 Å². The first-order valence-corrected chi connectivity index (χ1v) is 10.7. The van der Waals surface area contributed by atoms with Crippen molar-refractivity contribution in [3.8, 4) is 0 Å². The molecule has 0 bridgehead atoms. The minimum atomic E-state index is -0.213.